The molecule has 1 atom stereocenters. The fourth-order valence-corrected chi connectivity index (χ4v) is 2.14. The largest absolute Gasteiger partial charge is 0.480 e. The van der Waals surface area contributed by atoms with Crippen molar-refractivity contribution < 1.29 is 14.7 Å². The van der Waals surface area contributed by atoms with E-state index in [0.29, 0.717) is 12.8 Å². The topological polar surface area (TPSA) is 92.4 Å². The van der Waals surface area contributed by atoms with E-state index >= 15 is 0 Å². The van der Waals surface area contributed by atoms with Gasteiger partial charge in [0.05, 0.1) is 5.54 Å². The van der Waals surface area contributed by atoms with E-state index < -0.39 is 17.6 Å². The first-order valence-corrected chi connectivity index (χ1v) is 6.38. The van der Waals surface area contributed by atoms with Crippen molar-refractivity contribution in [1.82, 2.24) is 5.32 Å². The molecule has 1 aliphatic carbocycles. The molecular formula is C14H18N2O3. The highest BCUT2D eigenvalue weighted by Gasteiger charge is 2.41. The average molecular weight is 262 g/mol. The Hall–Kier alpha value is -1.88. The molecule has 0 radical (unpaired) electrons. The average Bonchev–Trinajstić information content (AvgIpc) is 2.36. The van der Waals surface area contributed by atoms with Crippen LogP contribution in [0.3, 0.4) is 0 Å². The third-order valence-corrected chi connectivity index (χ3v) is 3.58. The zero-order chi connectivity index (χ0) is 13.9. The van der Waals surface area contributed by atoms with Gasteiger partial charge in [0.2, 0.25) is 5.91 Å². The SMILES string of the molecule is NC1(C(=O)NC(Cc2ccccc2)C(=O)O)CCC1. The van der Waals surface area contributed by atoms with Gasteiger partial charge in [-0.3, -0.25) is 4.79 Å². The third kappa shape index (κ3) is 3.12. The highest BCUT2D eigenvalue weighted by molar-refractivity contribution is 5.90. The van der Waals surface area contributed by atoms with Gasteiger partial charge in [0, 0.05) is 6.42 Å². The molecule has 1 aromatic rings. The molecule has 1 amide bonds. The predicted molar refractivity (Wildman–Crippen MR) is 70.5 cm³/mol. The van der Waals surface area contributed by atoms with Crippen molar-refractivity contribution in [2.24, 2.45) is 5.73 Å². The molecule has 5 nitrogen and oxygen atoms in total. The van der Waals surface area contributed by atoms with E-state index in [0.717, 1.165) is 12.0 Å². The fraction of sp³-hybridized carbons (Fsp3) is 0.429. The van der Waals surface area contributed by atoms with Crippen LogP contribution < -0.4 is 11.1 Å². The van der Waals surface area contributed by atoms with E-state index in [4.69, 9.17) is 5.73 Å². The molecule has 1 aromatic carbocycles. The van der Waals surface area contributed by atoms with Crippen LogP contribution in [0.1, 0.15) is 24.8 Å². The maximum absolute atomic E-state index is 12.0. The molecule has 4 N–H and O–H groups in total. The number of nitrogens with one attached hydrogen (secondary N) is 1. The minimum atomic E-state index is -1.04. The standard InChI is InChI=1S/C14H18N2O3/c15-14(7-4-8-14)13(19)16-11(12(17)18)9-10-5-2-1-3-6-10/h1-3,5-6,11H,4,7-9,15H2,(H,16,19)(H,17,18). The number of benzene rings is 1. The van der Waals surface area contributed by atoms with Crippen LogP contribution in [0.25, 0.3) is 0 Å². The first-order chi connectivity index (χ1) is 9.01. The molecule has 1 saturated carbocycles. The number of amides is 1. The van der Waals surface area contributed by atoms with E-state index in [2.05, 4.69) is 5.32 Å². The second kappa shape index (κ2) is 5.40. The monoisotopic (exact) mass is 262 g/mol. The molecule has 0 aliphatic heterocycles. The van der Waals surface area contributed by atoms with Crippen LogP contribution in [0.15, 0.2) is 30.3 Å². The van der Waals surface area contributed by atoms with Gasteiger partial charge in [-0.15, -0.1) is 0 Å². The lowest BCUT2D eigenvalue weighted by molar-refractivity contribution is -0.143. The van der Waals surface area contributed by atoms with Crippen molar-refractivity contribution in [3.63, 3.8) is 0 Å². The lowest BCUT2D eigenvalue weighted by Gasteiger charge is -2.37. The molecule has 0 heterocycles. The maximum Gasteiger partial charge on any atom is 0.326 e. The van der Waals surface area contributed by atoms with E-state index in [1.807, 2.05) is 30.3 Å². The van der Waals surface area contributed by atoms with Crippen molar-refractivity contribution in [1.29, 1.82) is 0 Å². The molecule has 5 heteroatoms. The molecule has 0 spiro atoms. The van der Waals surface area contributed by atoms with E-state index in [1.165, 1.54) is 0 Å². The number of aliphatic carboxylic acids is 1. The number of carboxylic acid groups (broad SMARTS) is 1. The summed E-state index contributed by atoms with van der Waals surface area (Å²) in [5, 5.41) is 11.7. The van der Waals surface area contributed by atoms with Gasteiger partial charge in [0.1, 0.15) is 6.04 Å². The van der Waals surface area contributed by atoms with Crippen LogP contribution in [0, 0.1) is 0 Å². The summed E-state index contributed by atoms with van der Waals surface area (Å²) in [6.45, 7) is 0. The van der Waals surface area contributed by atoms with Crippen molar-refractivity contribution in [3.05, 3.63) is 35.9 Å². The van der Waals surface area contributed by atoms with Crippen molar-refractivity contribution in [2.75, 3.05) is 0 Å². The number of carbonyl (C=O) groups is 2. The van der Waals surface area contributed by atoms with E-state index in [-0.39, 0.29) is 12.3 Å². The lowest BCUT2D eigenvalue weighted by atomic mass is 9.77. The maximum atomic E-state index is 12.0. The Morgan fingerprint density at radius 1 is 1.32 bits per heavy atom. The Balaban J connectivity index is 2.01. The quantitative estimate of drug-likeness (QED) is 0.727. The summed E-state index contributed by atoms with van der Waals surface area (Å²) < 4.78 is 0. The van der Waals surface area contributed by atoms with Crippen LogP contribution in [-0.2, 0) is 16.0 Å². The molecule has 1 aliphatic rings. The Labute approximate surface area is 111 Å². The van der Waals surface area contributed by atoms with Gasteiger partial charge in [-0.1, -0.05) is 30.3 Å². The number of carboxylic acids is 1. The summed E-state index contributed by atoms with van der Waals surface area (Å²) in [6, 6.07) is 8.28. The molecule has 1 fully saturated rings. The summed E-state index contributed by atoms with van der Waals surface area (Å²) in [5.74, 6) is -1.40. The molecule has 1 unspecified atom stereocenters. The van der Waals surface area contributed by atoms with Gasteiger partial charge >= 0.3 is 5.97 Å². The zero-order valence-corrected chi connectivity index (χ0v) is 10.6. The number of hydrogen-bond acceptors (Lipinski definition) is 3. The smallest absolute Gasteiger partial charge is 0.326 e. The van der Waals surface area contributed by atoms with Gasteiger partial charge in [-0.2, -0.15) is 0 Å². The lowest BCUT2D eigenvalue weighted by Crippen LogP contribution is -2.61. The van der Waals surface area contributed by atoms with Crippen molar-refractivity contribution in [2.45, 2.75) is 37.3 Å². The van der Waals surface area contributed by atoms with Gasteiger partial charge < -0.3 is 16.2 Å². The third-order valence-electron chi connectivity index (χ3n) is 3.58. The molecule has 2 rings (SSSR count). The number of carbonyl (C=O) groups excluding carboxylic acids is 1. The zero-order valence-electron chi connectivity index (χ0n) is 10.6. The van der Waals surface area contributed by atoms with Crippen LogP contribution in [0.4, 0.5) is 0 Å². The number of hydrogen-bond donors (Lipinski definition) is 3. The summed E-state index contributed by atoms with van der Waals surface area (Å²) in [4.78, 5) is 23.2. The van der Waals surface area contributed by atoms with Crippen molar-refractivity contribution in [3.8, 4) is 0 Å². The molecule has 102 valence electrons. The van der Waals surface area contributed by atoms with Crippen LogP contribution in [0.5, 0.6) is 0 Å². The summed E-state index contributed by atoms with van der Waals surface area (Å²) in [6.07, 6.45) is 2.42. The Morgan fingerprint density at radius 2 is 1.95 bits per heavy atom. The minimum absolute atomic E-state index is 0.262. The Bertz CT molecular complexity index is 469. The summed E-state index contributed by atoms with van der Waals surface area (Å²) in [7, 11) is 0. The van der Waals surface area contributed by atoms with E-state index in [9.17, 15) is 14.7 Å². The minimum Gasteiger partial charge on any atom is -0.480 e. The molecule has 19 heavy (non-hydrogen) atoms. The van der Waals surface area contributed by atoms with Crippen molar-refractivity contribution >= 4 is 11.9 Å². The second-order valence-corrected chi connectivity index (χ2v) is 5.06. The highest BCUT2D eigenvalue weighted by atomic mass is 16.4. The van der Waals surface area contributed by atoms with Crippen LogP contribution >= 0.6 is 0 Å². The number of nitrogens with two attached hydrogens (primary N) is 1. The number of rotatable bonds is 5. The van der Waals surface area contributed by atoms with Gasteiger partial charge in [0.15, 0.2) is 0 Å². The van der Waals surface area contributed by atoms with Gasteiger partial charge in [-0.05, 0) is 24.8 Å². The molecule has 0 aromatic heterocycles. The van der Waals surface area contributed by atoms with Gasteiger partial charge in [0.25, 0.3) is 0 Å². The Kier molecular flexibility index (Phi) is 3.85. The second-order valence-electron chi connectivity index (χ2n) is 5.06. The summed E-state index contributed by atoms with van der Waals surface area (Å²) >= 11 is 0. The van der Waals surface area contributed by atoms with E-state index in [1.54, 1.807) is 0 Å². The first-order valence-electron chi connectivity index (χ1n) is 6.38. The highest BCUT2D eigenvalue weighted by Crippen LogP contribution is 2.29. The van der Waals surface area contributed by atoms with Crippen LogP contribution in [0.2, 0.25) is 0 Å². The molecular weight excluding hydrogens is 244 g/mol. The Morgan fingerprint density at radius 3 is 2.42 bits per heavy atom. The van der Waals surface area contributed by atoms with Crippen LogP contribution in [-0.4, -0.2) is 28.6 Å². The fourth-order valence-electron chi connectivity index (χ4n) is 2.14. The molecule has 0 saturated heterocycles. The first kappa shape index (κ1) is 13.5. The normalized spacial score (nSPS) is 18.2. The predicted octanol–water partition coefficient (Wildman–Crippen LogP) is 0.680. The van der Waals surface area contributed by atoms with Gasteiger partial charge in [-0.25, -0.2) is 4.79 Å². The summed E-state index contributed by atoms with van der Waals surface area (Å²) in [5.41, 5.74) is 5.88. The molecule has 0 bridgehead atoms.